The van der Waals surface area contributed by atoms with E-state index in [1.54, 1.807) is 0 Å². The van der Waals surface area contributed by atoms with E-state index in [-0.39, 0.29) is 0 Å². The Balaban J connectivity index is 2.09. The first-order valence-corrected chi connectivity index (χ1v) is 5.08. The molecule has 1 aliphatic rings. The number of rotatable bonds is 2. The molecule has 2 heteroatoms. The Morgan fingerprint density at radius 2 is 1.87 bits per heavy atom. The summed E-state index contributed by atoms with van der Waals surface area (Å²) >= 11 is 0. The van der Waals surface area contributed by atoms with Gasteiger partial charge in [0.1, 0.15) is 12.4 Å². The fraction of sp³-hybridized carbons (Fsp3) is 0.231. The average molecular weight is 200 g/mol. The molecular weight excluding hydrogens is 188 g/mol. The van der Waals surface area contributed by atoms with Crippen LogP contribution < -0.4 is 4.74 Å². The molecular formula is C13H12O2. The Morgan fingerprint density at radius 1 is 1.13 bits per heavy atom. The predicted molar refractivity (Wildman–Crippen MR) is 58.9 cm³/mol. The molecule has 2 aromatic carbocycles. The van der Waals surface area contributed by atoms with Crippen LogP contribution in [0.1, 0.15) is 6.92 Å². The van der Waals surface area contributed by atoms with Crippen molar-refractivity contribution in [2.45, 2.75) is 12.7 Å². The summed E-state index contributed by atoms with van der Waals surface area (Å²) in [7, 11) is 0. The highest BCUT2D eigenvalue weighted by Crippen LogP contribution is 2.34. The molecule has 0 N–H and O–H groups in total. The molecule has 2 aromatic rings. The van der Waals surface area contributed by atoms with Crippen molar-refractivity contribution in [1.82, 2.24) is 0 Å². The van der Waals surface area contributed by atoms with Crippen LogP contribution in [-0.4, -0.2) is 12.4 Å². The molecule has 1 aliphatic heterocycles. The standard InChI is InChI=1S/C13H12O2/c1-13(9-14-13)15-12-8-4-6-10-5-2-3-7-11(10)12/h2-8H,9H2,1H3/t13-/m1/s1. The fourth-order valence-corrected chi connectivity index (χ4v) is 1.68. The Bertz CT molecular complexity index is 495. The number of benzene rings is 2. The van der Waals surface area contributed by atoms with Gasteiger partial charge in [0, 0.05) is 12.3 Å². The fourth-order valence-electron chi connectivity index (χ4n) is 1.68. The number of hydrogen-bond donors (Lipinski definition) is 0. The van der Waals surface area contributed by atoms with E-state index in [0.717, 1.165) is 11.1 Å². The van der Waals surface area contributed by atoms with Gasteiger partial charge in [0.05, 0.1) is 0 Å². The maximum Gasteiger partial charge on any atom is 0.231 e. The van der Waals surface area contributed by atoms with E-state index in [0.29, 0.717) is 6.61 Å². The molecule has 0 aliphatic carbocycles. The van der Waals surface area contributed by atoms with Gasteiger partial charge in [0.15, 0.2) is 0 Å². The van der Waals surface area contributed by atoms with Gasteiger partial charge in [-0.1, -0.05) is 36.4 Å². The minimum Gasteiger partial charge on any atom is -0.459 e. The summed E-state index contributed by atoms with van der Waals surface area (Å²) in [5, 5.41) is 2.33. The maximum atomic E-state index is 5.80. The zero-order valence-corrected chi connectivity index (χ0v) is 8.57. The van der Waals surface area contributed by atoms with Crippen molar-refractivity contribution >= 4 is 10.8 Å². The van der Waals surface area contributed by atoms with Crippen molar-refractivity contribution < 1.29 is 9.47 Å². The van der Waals surface area contributed by atoms with Crippen LogP contribution in [0.5, 0.6) is 5.75 Å². The molecule has 1 heterocycles. The molecule has 0 saturated carbocycles. The lowest BCUT2D eigenvalue weighted by molar-refractivity contribution is 0.0819. The molecule has 0 unspecified atom stereocenters. The summed E-state index contributed by atoms with van der Waals surface area (Å²) < 4.78 is 11.0. The lowest BCUT2D eigenvalue weighted by Gasteiger charge is -2.11. The molecule has 76 valence electrons. The van der Waals surface area contributed by atoms with Gasteiger partial charge in [0.25, 0.3) is 0 Å². The molecule has 3 rings (SSSR count). The van der Waals surface area contributed by atoms with Gasteiger partial charge in [0.2, 0.25) is 5.79 Å². The van der Waals surface area contributed by atoms with Crippen LogP contribution in [-0.2, 0) is 4.74 Å². The first kappa shape index (κ1) is 8.74. The van der Waals surface area contributed by atoms with Gasteiger partial charge in [-0.3, -0.25) is 0 Å². The molecule has 0 spiro atoms. The molecule has 1 atom stereocenters. The zero-order valence-electron chi connectivity index (χ0n) is 8.57. The SMILES string of the molecule is C[C@@]1(Oc2cccc3ccccc23)CO1. The summed E-state index contributed by atoms with van der Waals surface area (Å²) in [6, 6.07) is 14.3. The number of epoxide rings is 1. The third-order valence-electron chi connectivity index (χ3n) is 2.63. The number of hydrogen-bond acceptors (Lipinski definition) is 2. The van der Waals surface area contributed by atoms with Gasteiger partial charge < -0.3 is 9.47 Å². The summed E-state index contributed by atoms with van der Waals surface area (Å²) in [5.74, 6) is 0.498. The Kier molecular flexibility index (Phi) is 1.73. The van der Waals surface area contributed by atoms with Crippen LogP contribution in [0, 0.1) is 0 Å². The van der Waals surface area contributed by atoms with Crippen molar-refractivity contribution in [1.29, 1.82) is 0 Å². The largest absolute Gasteiger partial charge is 0.459 e. The second-order valence-corrected chi connectivity index (χ2v) is 4.00. The summed E-state index contributed by atoms with van der Waals surface area (Å²) in [6.45, 7) is 2.63. The van der Waals surface area contributed by atoms with E-state index in [2.05, 4.69) is 18.2 Å². The Morgan fingerprint density at radius 3 is 2.67 bits per heavy atom. The monoisotopic (exact) mass is 200 g/mol. The van der Waals surface area contributed by atoms with Crippen LogP contribution in [0.2, 0.25) is 0 Å². The minimum absolute atomic E-state index is 0.399. The third kappa shape index (κ3) is 1.57. The van der Waals surface area contributed by atoms with E-state index >= 15 is 0 Å². The van der Waals surface area contributed by atoms with Gasteiger partial charge in [-0.25, -0.2) is 0 Å². The molecule has 0 radical (unpaired) electrons. The quantitative estimate of drug-likeness (QED) is 0.695. The number of ether oxygens (including phenoxy) is 2. The highest BCUT2D eigenvalue weighted by Gasteiger charge is 2.42. The Labute approximate surface area is 88.4 Å². The van der Waals surface area contributed by atoms with Crippen molar-refractivity contribution in [3.63, 3.8) is 0 Å². The van der Waals surface area contributed by atoms with E-state index in [1.807, 2.05) is 31.2 Å². The summed E-state index contributed by atoms with van der Waals surface area (Å²) in [6.07, 6.45) is 0. The number of fused-ring (bicyclic) bond motifs is 1. The first-order valence-electron chi connectivity index (χ1n) is 5.08. The minimum atomic E-state index is -0.399. The van der Waals surface area contributed by atoms with E-state index < -0.39 is 5.79 Å². The summed E-state index contributed by atoms with van der Waals surface area (Å²) in [5.41, 5.74) is 0. The van der Waals surface area contributed by atoms with Gasteiger partial charge in [-0.05, 0) is 11.5 Å². The topological polar surface area (TPSA) is 21.8 Å². The molecule has 0 bridgehead atoms. The van der Waals surface area contributed by atoms with Crippen molar-refractivity contribution in [3.05, 3.63) is 42.5 Å². The second kappa shape index (κ2) is 2.97. The predicted octanol–water partition coefficient (Wildman–Crippen LogP) is 2.97. The van der Waals surface area contributed by atoms with E-state index in [4.69, 9.17) is 9.47 Å². The van der Waals surface area contributed by atoms with Crippen LogP contribution in [0.25, 0.3) is 10.8 Å². The lowest BCUT2D eigenvalue weighted by Crippen LogP contribution is -2.14. The second-order valence-electron chi connectivity index (χ2n) is 4.00. The summed E-state index contributed by atoms with van der Waals surface area (Å²) in [4.78, 5) is 0. The van der Waals surface area contributed by atoms with Crippen LogP contribution in [0.3, 0.4) is 0 Å². The maximum absolute atomic E-state index is 5.80. The molecule has 0 aromatic heterocycles. The smallest absolute Gasteiger partial charge is 0.231 e. The van der Waals surface area contributed by atoms with Crippen molar-refractivity contribution in [2.75, 3.05) is 6.61 Å². The van der Waals surface area contributed by atoms with Crippen LogP contribution in [0.15, 0.2) is 42.5 Å². The van der Waals surface area contributed by atoms with Crippen molar-refractivity contribution in [3.8, 4) is 5.75 Å². The average Bonchev–Trinajstić information content (AvgIpc) is 2.97. The van der Waals surface area contributed by atoms with Gasteiger partial charge in [-0.15, -0.1) is 0 Å². The molecule has 0 amide bonds. The van der Waals surface area contributed by atoms with Gasteiger partial charge in [-0.2, -0.15) is 0 Å². The molecule has 1 saturated heterocycles. The van der Waals surface area contributed by atoms with Crippen LogP contribution >= 0.6 is 0 Å². The molecule has 2 nitrogen and oxygen atoms in total. The van der Waals surface area contributed by atoms with E-state index in [9.17, 15) is 0 Å². The highest BCUT2D eigenvalue weighted by molar-refractivity contribution is 5.88. The van der Waals surface area contributed by atoms with Gasteiger partial charge >= 0.3 is 0 Å². The normalized spacial score (nSPS) is 24.1. The zero-order chi connectivity index (χ0) is 10.3. The third-order valence-corrected chi connectivity index (χ3v) is 2.63. The van der Waals surface area contributed by atoms with Crippen molar-refractivity contribution in [2.24, 2.45) is 0 Å². The molecule has 1 fully saturated rings. The molecule has 15 heavy (non-hydrogen) atoms. The Hall–Kier alpha value is -1.54. The van der Waals surface area contributed by atoms with Crippen LogP contribution in [0.4, 0.5) is 0 Å². The highest BCUT2D eigenvalue weighted by atomic mass is 16.8. The van der Waals surface area contributed by atoms with E-state index in [1.165, 1.54) is 5.39 Å². The first-order chi connectivity index (χ1) is 7.27. The lowest BCUT2D eigenvalue weighted by atomic mass is 10.1.